The first-order valence-electron chi connectivity index (χ1n) is 9.11. The summed E-state index contributed by atoms with van der Waals surface area (Å²) in [4.78, 5) is 19.2. The number of hydrogen-bond acceptors (Lipinski definition) is 4. The molecule has 8 heteroatoms. The van der Waals surface area contributed by atoms with Gasteiger partial charge in [0.1, 0.15) is 5.84 Å². The molecule has 0 unspecified atom stereocenters. The minimum Gasteiger partial charge on any atom is -0.357 e. The van der Waals surface area contributed by atoms with Gasteiger partial charge >= 0.3 is 0 Å². The molecular weight excluding hydrogens is 394 g/mol. The molecule has 1 fully saturated rings. The zero-order chi connectivity index (χ0) is 19.5. The molecule has 1 amide bonds. The van der Waals surface area contributed by atoms with Crippen molar-refractivity contribution in [3.8, 4) is 5.69 Å². The van der Waals surface area contributed by atoms with Crippen LogP contribution in [0, 0.1) is 5.41 Å². The fraction of sp³-hybridized carbons (Fsp3) is 0.250. The number of aromatic nitrogens is 2. The average Bonchev–Trinajstić information content (AvgIpc) is 3.47. The molecule has 2 N–H and O–H groups in total. The van der Waals surface area contributed by atoms with Crippen LogP contribution in [0.3, 0.4) is 0 Å². The summed E-state index contributed by atoms with van der Waals surface area (Å²) in [6, 6.07) is 11.3. The second-order valence-corrected chi connectivity index (χ2v) is 8.36. The van der Waals surface area contributed by atoms with E-state index in [2.05, 4.69) is 15.2 Å². The van der Waals surface area contributed by atoms with Crippen molar-refractivity contribution in [2.45, 2.75) is 19.4 Å². The van der Waals surface area contributed by atoms with Gasteiger partial charge in [-0.15, -0.1) is 11.3 Å². The first-order chi connectivity index (χ1) is 13.6. The zero-order valence-electron chi connectivity index (χ0n) is 15.2. The molecule has 144 valence electrons. The topological polar surface area (TPSA) is 74.0 Å². The van der Waals surface area contributed by atoms with Crippen LogP contribution in [0.15, 0.2) is 48.9 Å². The van der Waals surface area contributed by atoms with Crippen molar-refractivity contribution in [2.75, 3.05) is 13.1 Å². The van der Waals surface area contributed by atoms with Crippen molar-refractivity contribution in [2.24, 2.45) is 0 Å². The van der Waals surface area contributed by atoms with Gasteiger partial charge in [0.05, 0.1) is 27.8 Å². The monoisotopic (exact) mass is 413 g/mol. The third-order valence-corrected chi connectivity index (χ3v) is 5.95. The summed E-state index contributed by atoms with van der Waals surface area (Å²) in [5.74, 6) is 0.433. The van der Waals surface area contributed by atoms with Crippen LogP contribution in [0.4, 0.5) is 0 Å². The molecule has 4 rings (SSSR count). The molecule has 1 aromatic carbocycles. The molecule has 0 radical (unpaired) electrons. The molecule has 1 saturated heterocycles. The molecular formula is C20H20ClN5OS. The van der Waals surface area contributed by atoms with E-state index in [0.29, 0.717) is 21.6 Å². The maximum Gasteiger partial charge on any atom is 0.261 e. The Kier molecular flexibility index (Phi) is 5.45. The number of imidazole rings is 1. The minimum atomic E-state index is -0.156. The van der Waals surface area contributed by atoms with Gasteiger partial charge in [-0.2, -0.15) is 0 Å². The Balaban J connectivity index is 1.38. The Morgan fingerprint density at radius 2 is 1.93 bits per heavy atom. The van der Waals surface area contributed by atoms with Crippen LogP contribution >= 0.6 is 22.9 Å². The predicted molar refractivity (Wildman–Crippen MR) is 112 cm³/mol. The van der Waals surface area contributed by atoms with Crippen LogP contribution in [0.25, 0.3) is 5.69 Å². The summed E-state index contributed by atoms with van der Waals surface area (Å²) in [6.07, 6.45) is 5.94. The number of amidine groups is 1. The van der Waals surface area contributed by atoms with E-state index in [4.69, 9.17) is 17.0 Å². The molecule has 0 spiro atoms. The zero-order valence-corrected chi connectivity index (χ0v) is 16.8. The number of halogens is 1. The number of nitrogens with one attached hydrogen (secondary N) is 2. The Morgan fingerprint density at radius 3 is 2.61 bits per heavy atom. The van der Waals surface area contributed by atoms with Crippen LogP contribution in [0.1, 0.15) is 33.8 Å². The highest BCUT2D eigenvalue weighted by Gasteiger charge is 2.16. The van der Waals surface area contributed by atoms with Gasteiger partial charge in [0.2, 0.25) is 0 Å². The maximum absolute atomic E-state index is 12.1. The van der Waals surface area contributed by atoms with Gasteiger partial charge < -0.3 is 14.8 Å². The molecule has 1 aliphatic rings. The molecule has 3 heterocycles. The predicted octanol–water partition coefficient (Wildman–Crippen LogP) is 3.94. The fourth-order valence-corrected chi connectivity index (χ4v) is 4.16. The minimum absolute atomic E-state index is 0.156. The number of carbonyl (C=O) groups is 1. The fourth-order valence-electron chi connectivity index (χ4n) is 3.21. The van der Waals surface area contributed by atoms with Gasteiger partial charge in [0.25, 0.3) is 5.91 Å². The summed E-state index contributed by atoms with van der Waals surface area (Å²) >= 11 is 7.12. The summed E-state index contributed by atoms with van der Waals surface area (Å²) in [5, 5.41) is 11.2. The maximum atomic E-state index is 12.1. The Morgan fingerprint density at radius 1 is 1.18 bits per heavy atom. The summed E-state index contributed by atoms with van der Waals surface area (Å²) in [5.41, 5.74) is 2.66. The standard InChI is InChI=1S/C20H20ClN5OS/c21-18-8-7-17(28-18)20(27)23-11-15-12-26(13-24-15)16-5-3-14(4-6-16)19(22)25-9-1-2-10-25/h3-8,12-13,22H,1-2,9-11H2,(H,23,27). The molecule has 0 bridgehead atoms. The number of amides is 1. The SMILES string of the molecule is N=C(c1ccc(-n2cnc(CNC(=O)c3ccc(Cl)s3)c2)cc1)N1CCCC1. The Bertz CT molecular complexity index is 988. The smallest absolute Gasteiger partial charge is 0.261 e. The number of hydrogen-bond donors (Lipinski definition) is 2. The van der Waals surface area contributed by atoms with Crippen molar-refractivity contribution < 1.29 is 4.79 Å². The number of rotatable bonds is 5. The Hall–Kier alpha value is -2.64. The quantitative estimate of drug-likeness (QED) is 0.491. The third-order valence-electron chi connectivity index (χ3n) is 4.72. The highest BCUT2D eigenvalue weighted by Crippen LogP contribution is 2.21. The molecule has 0 saturated carbocycles. The van der Waals surface area contributed by atoms with Gasteiger partial charge in [-0.25, -0.2) is 4.98 Å². The number of thiophene rings is 1. The van der Waals surface area contributed by atoms with E-state index in [-0.39, 0.29) is 5.91 Å². The van der Waals surface area contributed by atoms with Crippen LogP contribution < -0.4 is 5.32 Å². The molecule has 0 atom stereocenters. The lowest BCUT2D eigenvalue weighted by Gasteiger charge is -2.18. The highest BCUT2D eigenvalue weighted by molar-refractivity contribution is 7.17. The van der Waals surface area contributed by atoms with E-state index in [1.54, 1.807) is 18.5 Å². The highest BCUT2D eigenvalue weighted by atomic mass is 35.5. The van der Waals surface area contributed by atoms with Gasteiger partial charge in [-0.05, 0) is 49.2 Å². The number of likely N-dealkylation sites (tertiary alicyclic amines) is 1. The van der Waals surface area contributed by atoms with E-state index in [9.17, 15) is 4.79 Å². The molecule has 6 nitrogen and oxygen atoms in total. The molecule has 28 heavy (non-hydrogen) atoms. The lowest BCUT2D eigenvalue weighted by Crippen LogP contribution is -2.27. The molecule has 0 aliphatic carbocycles. The molecule has 3 aromatic rings. The largest absolute Gasteiger partial charge is 0.357 e. The number of carbonyl (C=O) groups excluding carboxylic acids is 1. The molecule has 1 aliphatic heterocycles. The van der Waals surface area contributed by atoms with Crippen LogP contribution in [-0.4, -0.2) is 39.3 Å². The van der Waals surface area contributed by atoms with Crippen LogP contribution in [-0.2, 0) is 6.54 Å². The van der Waals surface area contributed by atoms with E-state index in [1.165, 1.54) is 11.3 Å². The first kappa shape index (κ1) is 18.7. The van der Waals surface area contributed by atoms with Crippen molar-refractivity contribution >= 4 is 34.7 Å². The van der Waals surface area contributed by atoms with Crippen molar-refractivity contribution in [1.29, 1.82) is 5.41 Å². The lowest BCUT2D eigenvalue weighted by atomic mass is 10.1. The van der Waals surface area contributed by atoms with Gasteiger partial charge in [0, 0.05) is 30.5 Å². The van der Waals surface area contributed by atoms with Crippen molar-refractivity contribution in [1.82, 2.24) is 19.8 Å². The summed E-state index contributed by atoms with van der Waals surface area (Å²) < 4.78 is 2.50. The van der Waals surface area contributed by atoms with E-state index < -0.39 is 0 Å². The van der Waals surface area contributed by atoms with Gasteiger partial charge in [-0.1, -0.05) is 11.6 Å². The third kappa shape index (κ3) is 4.10. The second-order valence-electron chi connectivity index (χ2n) is 6.65. The summed E-state index contributed by atoms with van der Waals surface area (Å²) in [6.45, 7) is 2.28. The second kappa shape index (κ2) is 8.16. The number of benzene rings is 1. The summed E-state index contributed by atoms with van der Waals surface area (Å²) in [7, 11) is 0. The number of nitrogens with zero attached hydrogens (tertiary/aromatic N) is 3. The van der Waals surface area contributed by atoms with Gasteiger partial charge in [0.15, 0.2) is 0 Å². The lowest BCUT2D eigenvalue weighted by molar-refractivity contribution is 0.0954. The van der Waals surface area contributed by atoms with Crippen molar-refractivity contribution in [3.05, 3.63) is 69.4 Å². The van der Waals surface area contributed by atoms with Crippen molar-refractivity contribution in [3.63, 3.8) is 0 Å². The normalized spacial score (nSPS) is 13.7. The van der Waals surface area contributed by atoms with Gasteiger partial charge in [-0.3, -0.25) is 10.2 Å². The van der Waals surface area contributed by atoms with Crippen LogP contribution in [0.2, 0.25) is 4.34 Å². The first-order valence-corrected chi connectivity index (χ1v) is 10.3. The van der Waals surface area contributed by atoms with E-state index >= 15 is 0 Å². The molecule has 2 aromatic heterocycles. The van der Waals surface area contributed by atoms with Crippen LogP contribution in [0.5, 0.6) is 0 Å². The van der Waals surface area contributed by atoms with E-state index in [0.717, 1.165) is 42.9 Å². The average molecular weight is 414 g/mol. The Labute approximate surface area is 172 Å². The van der Waals surface area contributed by atoms with E-state index in [1.807, 2.05) is 35.0 Å².